The molecule has 2 N–H and O–H groups in total. The number of hydrogen-bond acceptors (Lipinski definition) is 2. The lowest BCUT2D eigenvalue weighted by Crippen LogP contribution is -2.44. The highest BCUT2D eigenvalue weighted by molar-refractivity contribution is 7.80. The predicted molar refractivity (Wildman–Crippen MR) is 66.9 cm³/mol. The number of nitrogens with two attached hydrogens (primary N) is 1. The van der Waals surface area contributed by atoms with Crippen molar-refractivity contribution >= 4 is 23.2 Å². The molecule has 15 heavy (non-hydrogen) atoms. The summed E-state index contributed by atoms with van der Waals surface area (Å²) in [5.41, 5.74) is 5.53. The van der Waals surface area contributed by atoms with Crippen molar-refractivity contribution in [2.24, 2.45) is 11.7 Å². The van der Waals surface area contributed by atoms with E-state index in [0.29, 0.717) is 24.6 Å². The van der Waals surface area contributed by atoms with Crippen LogP contribution in [0.2, 0.25) is 0 Å². The predicted octanol–water partition coefficient (Wildman–Crippen LogP) is 1.30. The fourth-order valence-electron chi connectivity index (χ4n) is 1.14. The van der Waals surface area contributed by atoms with Crippen LogP contribution in [0, 0.1) is 5.92 Å². The summed E-state index contributed by atoms with van der Waals surface area (Å²) in [6.07, 6.45) is 0. The normalized spacial score (nSPS) is 12.0. The molecule has 0 saturated heterocycles. The van der Waals surface area contributed by atoms with Gasteiger partial charge in [-0.1, -0.05) is 19.1 Å². The lowest BCUT2D eigenvalue weighted by molar-refractivity contribution is 0.164. The number of carbonyl (C=O) groups is 1. The first-order valence-electron chi connectivity index (χ1n) is 5.23. The van der Waals surface area contributed by atoms with Crippen molar-refractivity contribution in [1.82, 2.24) is 9.80 Å². The largest absolute Gasteiger partial charge is 0.393 e. The molecular formula is C10H21N3OS. The summed E-state index contributed by atoms with van der Waals surface area (Å²) in [4.78, 5) is 15.7. The zero-order valence-electron chi connectivity index (χ0n) is 9.99. The molecule has 0 aromatic rings. The zero-order valence-corrected chi connectivity index (χ0v) is 10.8. The van der Waals surface area contributed by atoms with E-state index in [1.54, 1.807) is 16.8 Å². The monoisotopic (exact) mass is 231 g/mol. The second-order valence-electron chi connectivity index (χ2n) is 3.64. The van der Waals surface area contributed by atoms with Gasteiger partial charge in [-0.15, -0.1) is 0 Å². The Kier molecular flexibility index (Phi) is 6.24. The van der Waals surface area contributed by atoms with Gasteiger partial charge in [0.05, 0.1) is 4.99 Å². The molecule has 5 heteroatoms. The van der Waals surface area contributed by atoms with Gasteiger partial charge in [-0.2, -0.15) is 0 Å². The number of thiocarbonyl (C=S) groups is 1. The Morgan fingerprint density at radius 2 is 1.93 bits per heavy atom. The van der Waals surface area contributed by atoms with Gasteiger partial charge in [0.25, 0.3) is 0 Å². The molecule has 1 atom stereocenters. The standard InChI is InChI=1S/C10H21N3OS/c1-5-12(4)10(14)13(6-2)7-8(3)9(11)15/h8H,5-7H2,1-4H3,(H2,11,15). The van der Waals surface area contributed by atoms with Crippen molar-refractivity contribution in [2.75, 3.05) is 26.7 Å². The molecule has 0 heterocycles. The minimum absolute atomic E-state index is 0.0306. The fourth-order valence-corrected chi connectivity index (χ4v) is 1.21. The Hall–Kier alpha value is -0.840. The van der Waals surface area contributed by atoms with Gasteiger partial charge in [0, 0.05) is 32.6 Å². The molecule has 0 fully saturated rings. The lowest BCUT2D eigenvalue weighted by Gasteiger charge is -2.28. The molecule has 88 valence electrons. The van der Waals surface area contributed by atoms with Crippen molar-refractivity contribution in [3.63, 3.8) is 0 Å². The Bertz CT molecular complexity index is 233. The zero-order chi connectivity index (χ0) is 12.0. The highest BCUT2D eigenvalue weighted by atomic mass is 32.1. The van der Waals surface area contributed by atoms with Crippen LogP contribution in [0.5, 0.6) is 0 Å². The molecule has 0 bridgehead atoms. The molecule has 0 rings (SSSR count). The SMILES string of the molecule is CCN(C)C(=O)N(CC)CC(C)C(N)=S. The maximum absolute atomic E-state index is 11.8. The molecule has 4 nitrogen and oxygen atoms in total. The van der Waals surface area contributed by atoms with Crippen molar-refractivity contribution in [3.8, 4) is 0 Å². The minimum atomic E-state index is 0.0306. The number of rotatable bonds is 5. The summed E-state index contributed by atoms with van der Waals surface area (Å²) >= 11 is 4.89. The highest BCUT2D eigenvalue weighted by Gasteiger charge is 2.18. The average molecular weight is 231 g/mol. The van der Waals surface area contributed by atoms with Gasteiger partial charge in [-0.3, -0.25) is 0 Å². The van der Waals surface area contributed by atoms with E-state index in [9.17, 15) is 4.79 Å². The van der Waals surface area contributed by atoms with Crippen LogP contribution in [0.3, 0.4) is 0 Å². The van der Waals surface area contributed by atoms with Crippen LogP contribution in [0.4, 0.5) is 4.79 Å². The summed E-state index contributed by atoms with van der Waals surface area (Å²) in [6, 6.07) is 0.0306. The van der Waals surface area contributed by atoms with Crippen LogP contribution in [0.1, 0.15) is 20.8 Å². The Morgan fingerprint density at radius 3 is 2.27 bits per heavy atom. The van der Waals surface area contributed by atoms with E-state index in [2.05, 4.69) is 0 Å². The first kappa shape index (κ1) is 14.2. The number of nitrogens with zero attached hydrogens (tertiary/aromatic N) is 2. The maximum Gasteiger partial charge on any atom is 0.319 e. The van der Waals surface area contributed by atoms with Crippen LogP contribution < -0.4 is 5.73 Å². The van der Waals surface area contributed by atoms with E-state index in [0.717, 1.165) is 0 Å². The highest BCUT2D eigenvalue weighted by Crippen LogP contribution is 2.03. The van der Waals surface area contributed by atoms with Crippen molar-refractivity contribution < 1.29 is 4.79 Å². The van der Waals surface area contributed by atoms with Crippen molar-refractivity contribution in [3.05, 3.63) is 0 Å². The van der Waals surface area contributed by atoms with Gasteiger partial charge in [0.15, 0.2) is 0 Å². The fraction of sp³-hybridized carbons (Fsp3) is 0.800. The lowest BCUT2D eigenvalue weighted by atomic mass is 10.1. The molecule has 0 aromatic carbocycles. The van der Waals surface area contributed by atoms with E-state index >= 15 is 0 Å². The Morgan fingerprint density at radius 1 is 1.40 bits per heavy atom. The minimum Gasteiger partial charge on any atom is -0.393 e. The molecule has 0 aliphatic heterocycles. The maximum atomic E-state index is 11.8. The molecule has 1 unspecified atom stereocenters. The summed E-state index contributed by atoms with van der Waals surface area (Å²) in [5, 5.41) is 0. The summed E-state index contributed by atoms with van der Waals surface area (Å²) in [5.74, 6) is 0.0640. The van der Waals surface area contributed by atoms with Gasteiger partial charge in [-0.05, 0) is 13.8 Å². The van der Waals surface area contributed by atoms with Crippen LogP contribution in [0.15, 0.2) is 0 Å². The third kappa shape index (κ3) is 4.46. The van der Waals surface area contributed by atoms with E-state index in [1.807, 2.05) is 20.8 Å². The number of carbonyl (C=O) groups excluding carboxylic acids is 1. The first-order valence-corrected chi connectivity index (χ1v) is 5.64. The van der Waals surface area contributed by atoms with Gasteiger partial charge in [-0.25, -0.2) is 4.79 Å². The van der Waals surface area contributed by atoms with Gasteiger partial charge < -0.3 is 15.5 Å². The molecule has 0 aromatic heterocycles. The molecule has 0 aliphatic carbocycles. The molecular weight excluding hydrogens is 210 g/mol. The number of hydrogen-bond donors (Lipinski definition) is 1. The third-order valence-corrected chi connectivity index (χ3v) is 2.84. The van der Waals surface area contributed by atoms with Crippen molar-refractivity contribution in [2.45, 2.75) is 20.8 Å². The summed E-state index contributed by atoms with van der Waals surface area (Å²) in [6.45, 7) is 7.81. The number of amides is 2. The van der Waals surface area contributed by atoms with E-state index < -0.39 is 0 Å². The van der Waals surface area contributed by atoms with E-state index in [1.165, 1.54) is 0 Å². The average Bonchev–Trinajstić information content (AvgIpc) is 2.23. The van der Waals surface area contributed by atoms with Crippen LogP contribution in [-0.4, -0.2) is 47.5 Å². The molecule has 0 aliphatic rings. The quantitative estimate of drug-likeness (QED) is 0.726. The van der Waals surface area contributed by atoms with E-state index in [-0.39, 0.29) is 11.9 Å². The first-order chi connectivity index (χ1) is 6.93. The second-order valence-corrected chi connectivity index (χ2v) is 4.11. The van der Waals surface area contributed by atoms with Gasteiger partial charge in [0.2, 0.25) is 0 Å². The van der Waals surface area contributed by atoms with Crippen LogP contribution in [-0.2, 0) is 0 Å². The van der Waals surface area contributed by atoms with Crippen LogP contribution in [0.25, 0.3) is 0 Å². The number of urea groups is 1. The summed E-state index contributed by atoms with van der Waals surface area (Å²) in [7, 11) is 1.79. The molecule has 2 amide bonds. The summed E-state index contributed by atoms with van der Waals surface area (Å²) < 4.78 is 0. The van der Waals surface area contributed by atoms with Crippen molar-refractivity contribution in [1.29, 1.82) is 0 Å². The van der Waals surface area contributed by atoms with Crippen LogP contribution >= 0.6 is 12.2 Å². The van der Waals surface area contributed by atoms with Gasteiger partial charge in [0.1, 0.15) is 0 Å². The second kappa shape index (κ2) is 6.61. The Labute approximate surface area is 97.4 Å². The topological polar surface area (TPSA) is 49.6 Å². The smallest absolute Gasteiger partial charge is 0.319 e. The van der Waals surface area contributed by atoms with Gasteiger partial charge >= 0.3 is 6.03 Å². The molecule has 0 spiro atoms. The third-order valence-electron chi connectivity index (χ3n) is 2.43. The van der Waals surface area contributed by atoms with E-state index in [4.69, 9.17) is 18.0 Å². The molecule has 0 radical (unpaired) electrons. The molecule has 0 saturated carbocycles. The Balaban J connectivity index is 4.36.